The second-order valence-corrected chi connectivity index (χ2v) is 6.50. The Bertz CT molecular complexity index is 811. The molecule has 0 bridgehead atoms. The first-order valence-electron chi connectivity index (χ1n) is 7.65. The van der Waals surface area contributed by atoms with Crippen LogP contribution in [0.5, 0.6) is 5.75 Å². The first-order chi connectivity index (χ1) is 12.4. The van der Waals surface area contributed by atoms with Gasteiger partial charge in [-0.05, 0) is 36.8 Å². The summed E-state index contributed by atoms with van der Waals surface area (Å²) >= 11 is 17.7. The van der Waals surface area contributed by atoms with Gasteiger partial charge in [0.05, 0.1) is 27.2 Å². The van der Waals surface area contributed by atoms with Gasteiger partial charge in [-0.3, -0.25) is 4.79 Å². The number of ether oxygens (including phenoxy) is 2. The van der Waals surface area contributed by atoms with Crippen LogP contribution in [0.25, 0.3) is 0 Å². The summed E-state index contributed by atoms with van der Waals surface area (Å²) in [5, 5.41) is 2.83. The summed E-state index contributed by atoms with van der Waals surface area (Å²) in [6.45, 7) is 2.04. The normalized spacial score (nSPS) is 10.3. The van der Waals surface area contributed by atoms with Crippen molar-refractivity contribution in [3.63, 3.8) is 0 Å². The van der Waals surface area contributed by atoms with Gasteiger partial charge in [0, 0.05) is 0 Å². The fourth-order valence-corrected chi connectivity index (χ4v) is 2.72. The quantitative estimate of drug-likeness (QED) is 0.415. The number of hydrogen-bond donors (Lipinski definition) is 1. The Balaban J connectivity index is 1.75. The Labute approximate surface area is 166 Å². The number of carbonyl (C=O) groups excluding carboxylic acids is 2. The van der Waals surface area contributed by atoms with E-state index in [0.29, 0.717) is 0 Å². The van der Waals surface area contributed by atoms with Gasteiger partial charge in [0.2, 0.25) is 0 Å². The van der Waals surface area contributed by atoms with Crippen molar-refractivity contribution in [2.45, 2.75) is 6.92 Å². The number of nitrogens with one attached hydrogen (secondary N) is 1. The third kappa shape index (κ3) is 5.80. The molecule has 0 aliphatic carbocycles. The van der Waals surface area contributed by atoms with Gasteiger partial charge >= 0.3 is 5.97 Å². The first-order valence-corrected chi connectivity index (χ1v) is 8.78. The van der Waals surface area contributed by atoms with E-state index in [-0.39, 0.29) is 33.8 Å². The summed E-state index contributed by atoms with van der Waals surface area (Å²) in [7, 11) is 0. The van der Waals surface area contributed by atoms with Gasteiger partial charge in [0.15, 0.2) is 6.61 Å². The molecule has 26 heavy (non-hydrogen) atoms. The second-order valence-electron chi connectivity index (χ2n) is 5.31. The highest BCUT2D eigenvalue weighted by Gasteiger charge is 2.19. The minimum absolute atomic E-state index is 0.0175. The minimum atomic E-state index is -0.825. The maximum Gasteiger partial charge on any atom is 0.341 e. The van der Waals surface area contributed by atoms with Gasteiger partial charge in [-0.2, -0.15) is 0 Å². The van der Waals surface area contributed by atoms with Crippen LogP contribution >= 0.6 is 34.8 Å². The van der Waals surface area contributed by atoms with Crippen molar-refractivity contribution in [3.8, 4) is 5.75 Å². The standard InChI is InChI=1S/C18H16Cl3NO4/c1-11-3-2-4-12(9-11)25-8-7-22-15(23)10-26-18(24)16-13(19)5-6-14(20)17(16)21/h2-6,9H,7-8,10H2,1H3,(H,22,23). The molecule has 2 aromatic carbocycles. The number of benzene rings is 2. The Morgan fingerprint density at radius 3 is 2.54 bits per heavy atom. The molecule has 0 saturated heterocycles. The fraction of sp³-hybridized carbons (Fsp3) is 0.222. The molecule has 8 heteroatoms. The van der Waals surface area contributed by atoms with Gasteiger partial charge < -0.3 is 14.8 Å². The lowest BCUT2D eigenvalue weighted by Crippen LogP contribution is -2.32. The zero-order valence-corrected chi connectivity index (χ0v) is 16.1. The Hall–Kier alpha value is -1.95. The number of amides is 1. The lowest BCUT2D eigenvalue weighted by molar-refractivity contribution is -0.124. The highest BCUT2D eigenvalue weighted by molar-refractivity contribution is 6.46. The molecule has 0 aliphatic heterocycles. The van der Waals surface area contributed by atoms with Crippen molar-refractivity contribution in [1.29, 1.82) is 0 Å². The smallest absolute Gasteiger partial charge is 0.341 e. The van der Waals surface area contributed by atoms with E-state index >= 15 is 0 Å². The van der Waals surface area contributed by atoms with E-state index in [1.54, 1.807) is 0 Å². The van der Waals surface area contributed by atoms with E-state index in [9.17, 15) is 9.59 Å². The highest BCUT2D eigenvalue weighted by Crippen LogP contribution is 2.31. The van der Waals surface area contributed by atoms with Crippen LogP contribution in [0.3, 0.4) is 0 Å². The summed E-state index contributed by atoms with van der Waals surface area (Å²) < 4.78 is 10.4. The van der Waals surface area contributed by atoms with E-state index in [2.05, 4.69) is 5.32 Å². The maximum absolute atomic E-state index is 12.0. The predicted molar refractivity (Wildman–Crippen MR) is 101 cm³/mol. The van der Waals surface area contributed by atoms with Crippen LogP contribution in [0.2, 0.25) is 15.1 Å². The molecule has 138 valence electrons. The molecule has 5 nitrogen and oxygen atoms in total. The maximum atomic E-state index is 12.0. The van der Waals surface area contributed by atoms with E-state index in [0.717, 1.165) is 11.3 Å². The van der Waals surface area contributed by atoms with Crippen LogP contribution in [-0.2, 0) is 9.53 Å². The lowest BCUT2D eigenvalue weighted by atomic mass is 10.2. The third-order valence-corrected chi connectivity index (χ3v) is 4.38. The van der Waals surface area contributed by atoms with Crippen LogP contribution in [0.15, 0.2) is 36.4 Å². The van der Waals surface area contributed by atoms with Crippen molar-refractivity contribution in [2.75, 3.05) is 19.8 Å². The minimum Gasteiger partial charge on any atom is -0.492 e. The van der Waals surface area contributed by atoms with Crippen molar-refractivity contribution in [1.82, 2.24) is 5.32 Å². The SMILES string of the molecule is Cc1cccc(OCCNC(=O)COC(=O)c2c(Cl)ccc(Cl)c2Cl)c1. The summed E-state index contributed by atoms with van der Waals surface area (Å²) in [5.41, 5.74) is 1.01. The highest BCUT2D eigenvalue weighted by atomic mass is 35.5. The third-order valence-electron chi connectivity index (χ3n) is 3.26. The van der Waals surface area contributed by atoms with E-state index in [4.69, 9.17) is 44.3 Å². The number of esters is 1. The molecule has 0 aromatic heterocycles. The number of rotatable bonds is 7. The van der Waals surface area contributed by atoms with Gasteiger partial charge in [-0.15, -0.1) is 0 Å². The molecular weight excluding hydrogens is 401 g/mol. The molecule has 2 rings (SSSR count). The summed E-state index contributed by atoms with van der Waals surface area (Å²) in [4.78, 5) is 23.8. The lowest BCUT2D eigenvalue weighted by Gasteiger charge is -2.10. The van der Waals surface area contributed by atoms with E-state index < -0.39 is 18.5 Å². The Morgan fingerprint density at radius 1 is 1.08 bits per heavy atom. The predicted octanol–water partition coefficient (Wildman–Crippen LogP) is 4.31. The van der Waals surface area contributed by atoms with Crippen molar-refractivity contribution >= 4 is 46.7 Å². The van der Waals surface area contributed by atoms with Crippen molar-refractivity contribution in [2.24, 2.45) is 0 Å². The summed E-state index contributed by atoms with van der Waals surface area (Å²) in [5.74, 6) is -0.579. The van der Waals surface area contributed by atoms with Crippen LogP contribution in [0.4, 0.5) is 0 Å². The van der Waals surface area contributed by atoms with Gasteiger partial charge in [0.25, 0.3) is 5.91 Å². The van der Waals surface area contributed by atoms with Crippen LogP contribution < -0.4 is 10.1 Å². The van der Waals surface area contributed by atoms with Crippen molar-refractivity contribution < 1.29 is 19.1 Å². The molecular formula is C18H16Cl3NO4. The molecule has 1 N–H and O–H groups in total. The molecule has 0 fully saturated rings. The number of hydrogen-bond acceptors (Lipinski definition) is 4. The Morgan fingerprint density at radius 2 is 1.81 bits per heavy atom. The number of halogens is 3. The molecule has 1 amide bonds. The number of aryl methyl sites for hydroxylation is 1. The van der Waals surface area contributed by atoms with Gasteiger partial charge in [0.1, 0.15) is 12.4 Å². The molecule has 0 spiro atoms. The van der Waals surface area contributed by atoms with Gasteiger partial charge in [-0.1, -0.05) is 46.9 Å². The summed E-state index contributed by atoms with van der Waals surface area (Å²) in [6, 6.07) is 10.5. The molecule has 0 radical (unpaired) electrons. The monoisotopic (exact) mass is 415 g/mol. The van der Waals surface area contributed by atoms with Crippen LogP contribution in [0.1, 0.15) is 15.9 Å². The van der Waals surface area contributed by atoms with Gasteiger partial charge in [-0.25, -0.2) is 4.79 Å². The zero-order chi connectivity index (χ0) is 19.1. The molecule has 0 aliphatic rings. The van der Waals surface area contributed by atoms with Crippen molar-refractivity contribution in [3.05, 3.63) is 62.6 Å². The molecule has 0 atom stereocenters. The second kappa shape index (κ2) is 9.67. The topological polar surface area (TPSA) is 64.6 Å². The van der Waals surface area contributed by atoms with E-state index in [1.165, 1.54) is 12.1 Å². The number of carbonyl (C=O) groups is 2. The van der Waals surface area contributed by atoms with Crippen LogP contribution in [-0.4, -0.2) is 31.6 Å². The fourth-order valence-electron chi connectivity index (χ4n) is 2.03. The van der Waals surface area contributed by atoms with Crippen LogP contribution in [0, 0.1) is 6.92 Å². The molecule has 0 heterocycles. The molecule has 0 unspecified atom stereocenters. The summed E-state index contributed by atoms with van der Waals surface area (Å²) in [6.07, 6.45) is 0. The zero-order valence-electron chi connectivity index (χ0n) is 13.9. The van der Waals surface area contributed by atoms with E-state index in [1.807, 2.05) is 31.2 Å². The average molecular weight is 417 g/mol. The molecule has 2 aromatic rings. The first kappa shape index (κ1) is 20.4. The Kier molecular flexibility index (Phi) is 7.57. The molecule has 0 saturated carbocycles. The largest absolute Gasteiger partial charge is 0.492 e. The average Bonchev–Trinajstić information content (AvgIpc) is 2.60.